The quantitative estimate of drug-likeness (QED) is 0.703. The van der Waals surface area contributed by atoms with Gasteiger partial charge in [-0.15, -0.1) is 0 Å². The van der Waals surface area contributed by atoms with E-state index in [1.165, 1.54) is 0 Å². The Bertz CT molecular complexity index is 812. The molecule has 2 aromatic rings. The number of nitrogens with one attached hydrogen (secondary N) is 3. The standard InChI is InChI=1S/C17H14Cl2F3N3O/c18-11-4-1-9(2-5-11)13-8-15(25-24-13)16(26)23-14-7-10(17(20,21)22)3-6-12(14)19/h1-7,13,15,24-25H,8H2,(H,23,26). The van der Waals surface area contributed by atoms with E-state index in [1.807, 2.05) is 12.1 Å². The number of amides is 1. The summed E-state index contributed by atoms with van der Waals surface area (Å²) in [7, 11) is 0. The second kappa shape index (κ2) is 7.44. The van der Waals surface area contributed by atoms with Crippen LogP contribution in [0.15, 0.2) is 42.5 Å². The molecule has 1 fully saturated rings. The smallest absolute Gasteiger partial charge is 0.323 e. The number of carbonyl (C=O) groups excluding carboxylic acids is 1. The summed E-state index contributed by atoms with van der Waals surface area (Å²) in [6.45, 7) is 0. The molecule has 3 rings (SSSR count). The molecule has 1 heterocycles. The van der Waals surface area contributed by atoms with Crippen molar-refractivity contribution in [2.45, 2.75) is 24.7 Å². The number of benzene rings is 2. The lowest BCUT2D eigenvalue weighted by atomic mass is 10.0. The van der Waals surface area contributed by atoms with E-state index in [2.05, 4.69) is 16.2 Å². The van der Waals surface area contributed by atoms with Crippen molar-refractivity contribution in [2.24, 2.45) is 0 Å². The molecule has 1 aliphatic heterocycles. The Labute approximate surface area is 157 Å². The minimum atomic E-state index is -4.52. The van der Waals surface area contributed by atoms with Gasteiger partial charge < -0.3 is 5.32 Å². The first kappa shape index (κ1) is 19.0. The molecular formula is C17H14Cl2F3N3O. The molecular weight excluding hydrogens is 390 g/mol. The SMILES string of the molecule is O=C(Nc1cc(C(F)(F)F)ccc1Cl)C1CC(c2ccc(Cl)cc2)NN1. The monoisotopic (exact) mass is 403 g/mol. The Balaban J connectivity index is 1.68. The Morgan fingerprint density at radius 1 is 1.08 bits per heavy atom. The lowest BCUT2D eigenvalue weighted by Gasteiger charge is -2.14. The Hall–Kier alpha value is -1.80. The van der Waals surface area contributed by atoms with E-state index in [4.69, 9.17) is 23.2 Å². The van der Waals surface area contributed by atoms with E-state index >= 15 is 0 Å². The van der Waals surface area contributed by atoms with E-state index in [1.54, 1.807) is 12.1 Å². The number of hydrogen-bond donors (Lipinski definition) is 3. The van der Waals surface area contributed by atoms with Crippen molar-refractivity contribution >= 4 is 34.8 Å². The van der Waals surface area contributed by atoms with Crippen LogP contribution in [0.3, 0.4) is 0 Å². The van der Waals surface area contributed by atoms with Gasteiger partial charge in [-0.25, -0.2) is 10.9 Å². The highest BCUT2D eigenvalue weighted by molar-refractivity contribution is 6.33. The maximum atomic E-state index is 12.8. The predicted octanol–water partition coefficient (Wildman–Crippen LogP) is 4.56. The summed E-state index contributed by atoms with van der Waals surface area (Å²) >= 11 is 11.8. The fraction of sp³-hybridized carbons (Fsp3) is 0.235. The Kier molecular flexibility index (Phi) is 5.43. The van der Waals surface area contributed by atoms with Gasteiger partial charge in [0.05, 0.1) is 16.3 Å². The van der Waals surface area contributed by atoms with Crippen molar-refractivity contribution in [1.82, 2.24) is 10.9 Å². The van der Waals surface area contributed by atoms with Crippen LogP contribution in [-0.2, 0) is 11.0 Å². The van der Waals surface area contributed by atoms with Crippen LogP contribution in [-0.4, -0.2) is 11.9 Å². The second-order valence-corrected chi connectivity index (χ2v) is 6.71. The van der Waals surface area contributed by atoms with Crippen molar-refractivity contribution in [3.05, 3.63) is 63.6 Å². The highest BCUT2D eigenvalue weighted by Crippen LogP contribution is 2.34. The molecule has 2 aromatic carbocycles. The average molecular weight is 404 g/mol. The topological polar surface area (TPSA) is 53.2 Å². The zero-order valence-corrected chi connectivity index (χ0v) is 14.7. The first-order valence-corrected chi connectivity index (χ1v) is 8.44. The fourth-order valence-electron chi connectivity index (χ4n) is 2.66. The second-order valence-electron chi connectivity index (χ2n) is 5.86. The van der Waals surface area contributed by atoms with E-state index in [0.717, 1.165) is 23.8 Å². The van der Waals surface area contributed by atoms with E-state index in [9.17, 15) is 18.0 Å². The molecule has 4 nitrogen and oxygen atoms in total. The average Bonchev–Trinajstić information content (AvgIpc) is 3.06. The summed E-state index contributed by atoms with van der Waals surface area (Å²) < 4.78 is 38.5. The van der Waals surface area contributed by atoms with Crippen LogP contribution >= 0.6 is 23.2 Å². The van der Waals surface area contributed by atoms with E-state index < -0.39 is 23.7 Å². The summed E-state index contributed by atoms with van der Waals surface area (Å²) in [5.74, 6) is -0.477. The largest absolute Gasteiger partial charge is 0.416 e. The molecule has 0 spiro atoms. The van der Waals surface area contributed by atoms with Crippen LogP contribution in [0.25, 0.3) is 0 Å². The molecule has 138 valence electrons. The number of hydrogen-bond acceptors (Lipinski definition) is 3. The third-order valence-electron chi connectivity index (χ3n) is 4.04. The van der Waals surface area contributed by atoms with Gasteiger partial charge in [0.1, 0.15) is 6.04 Å². The molecule has 0 aromatic heterocycles. The van der Waals surface area contributed by atoms with E-state index in [0.29, 0.717) is 11.4 Å². The van der Waals surface area contributed by atoms with Crippen LogP contribution in [0, 0.1) is 0 Å². The third-order valence-corrected chi connectivity index (χ3v) is 4.63. The molecule has 1 aliphatic rings. The van der Waals surface area contributed by atoms with Crippen LogP contribution < -0.4 is 16.2 Å². The van der Waals surface area contributed by atoms with Crippen molar-refractivity contribution in [3.8, 4) is 0 Å². The predicted molar refractivity (Wildman–Crippen MR) is 94.0 cm³/mol. The number of alkyl halides is 3. The van der Waals surface area contributed by atoms with Gasteiger partial charge in [0, 0.05) is 11.1 Å². The minimum absolute atomic E-state index is 0.0338. The van der Waals surface area contributed by atoms with Crippen LogP contribution in [0.2, 0.25) is 10.0 Å². The molecule has 3 N–H and O–H groups in total. The summed E-state index contributed by atoms with van der Waals surface area (Å²) in [6.07, 6.45) is -4.10. The van der Waals surface area contributed by atoms with Crippen molar-refractivity contribution in [3.63, 3.8) is 0 Å². The minimum Gasteiger partial charge on any atom is -0.323 e. The number of carbonyl (C=O) groups is 1. The van der Waals surface area contributed by atoms with Crippen molar-refractivity contribution in [2.75, 3.05) is 5.32 Å². The van der Waals surface area contributed by atoms with Crippen LogP contribution in [0.1, 0.15) is 23.6 Å². The zero-order valence-electron chi connectivity index (χ0n) is 13.2. The number of rotatable bonds is 3. The van der Waals surface area contributed by atoms with Gasteiger partial charge in [-0.3, -0.25) is 4.79 Å². The number of hydrazine groups is 1. The van der Waals surface area contributed by atoms with E-state index in [-0.39, 0.29) is 16.8 Å². The molecule has 26 heavy (non-hydrogen) atoms. The van der Waals surface area contributed by atoms with Crippen LogP contribution in [0.5, 0.6) is 0 Å². The highest BCUT2D eigenvalue weighted by atomic mass is 35.5. The normalized spacial score (nSPS) is 20.2. The lowest BCUT2D eigenvalue weighted by molar-refractivity contribution is -0.137. The molecule has 1 amide bonds. The molecule has 0 aliphatic carbocycles. The summed E-state index contributed by atoms with van der Waals surface area (Å²) in [6, 6.07) is 9.21. The molecule has 2 unspecified atom stereocenters. The number of halogens is 5. The summed E-state index contributed by atoms with van der Waals surface area (Å²) in [4.78, 5) is 12.4. The third kappa shape index (κ3) is 4.29. The van der Waals surface area contributed by atoms with Gasteiger partial charge >= 0.3 is 6.18 Å². The first-order chi connectivity index (χ1) is 12.2. The molecule has 0 saturated carbocycles. The maximum absolute atomic E-state index is 12.8. The molecule has 0 radical (unpaired) electrons. The van der Waals surface area contributed by atoms with Gasteiger partial charge in [-0.1, -0.05) is 35.3 Å². The Morgan fingerprint density at radius 3 is 2.42 bits per heavy atom. The van der Waals surface area contributed by atoms with Gasteiger partial charge in [0.25, 0.3) is 0 Å². The summed E-state index contributed by atoms with van der Waals surface area (Å²) in [5, 5.41) is 3.09. The zero-order chi connectivity index (χ0) is 18.9. The maximum Gasteiger partial charge on any atom is 0.416 e. The molecule has 1 saturated heterocycles. The lowest BCUT2D eigenvalue weighted by Crippen LogP contribution is -2.39. The van der Waals surface area contributed by atoms with Crippen molar-refractivity contribution in [1.29, 1.82) is 0 Å². The van der Waals surface area contributed by atoms with Gasteiger partial charge in [0.15, 0.2) is 0 Å². The number of anilines is 1. The van der Waals surface area contributed by atoms with Crippen molar-refractivity contribution < 1.29 is 18.0 Å². The van der Waals surface area contributed by atoms with Crippen LogP contribution in [0.4, 0.5) is 18.9 Å². The van der Waals surface area contributed by atoms with Gasteiger partial charge in [-0.05, 0) is 42.3 Å². The molecule has 2 atom stereocenters. The Morgan fingerprint density at radius 2 is 1.77 bits per heavy atom. The fourth-order valence-corrected chi connectivity index (χ4v) is 2.95. The molecule has 0 bridgehead atoms. The first-order valence-electron chi connectivity index (χ1n) is 7.68. The van der Waals surface area contributed by atoms with Gasteiger partial charge in [-0.2, -0.15) is 13.2 Å². The summed E-state index contributed by atoms with van der Waals surface area (Å²) in [5.41, 5.74) is 5.81. The molecule has 9 heteroatoms. The van der Waals surface area contributed by atoms with Gasteiger partial charge in [0.2, 0.25) is 5.91 Å². The highest BCUT2D eigenvalue weighted by Gasteiger charge is 2.33.